The fourth-order valence-electron chi connectivity index (χ4n) is 1.26. The Bertz CT molecular complexity index is 499. The summed E-state index contributed by atoms with van der Waals surface area (Å²) in [5.41, 5.74) is 15.0. The van der Waals surface area contributed by atoms with Crippen molar-refractivity contribution in [3.63, 3.8) is 0 Å². The monoisotopic (exact) mass is 232 g/mol. The van der Waals surface area contributed by atoms with Crippen LogP contribution in [0, 0.1) is 0 Å². The van der Waals surface area contributed by atoms with Gasteiger partial charge in [-0.3, -0.25) is 5.43 Å². The minimum atomic E-state index is 0.192. The zero-order valence-corrected chi connectivity index (χ0v) is 9.21. The second-order valence-electron chi connectivity index (χ2n) is 3.27. The smallest absolute Gasteiger partial charge is 0.177 e. The summed E-state index contributed by atoms with van der Waals surface area (Å²) in [6.07, 6.45) is 0. The first-order chi connectivity index (χ1) is 8.20. The van der Waals surface area contributed by atoms with Crippen LogP contribution in [0.3, 0.4) is 0 Å². The number of nitrogens with one attached hydrogen (secondary N) is 1. The molecule has 1 aromatic carbocycles. The van der Waals surface area contributed by atoms with E-state index < -0.39 is 0 Å². The van der Waals surface area contributed by atoms with Gasteiger partial charge < -0.3 is 16.2 Å². The van der Waals surface area contributed by atoms with Gasteiger partial charge in [-0.25, -0.2) is 0 Å². The molecule has 17 heavy (non-hydrogen) atoms. The van der Waals surface area contributed by atoms with Crippen molar-refractivity contribution in [1.82, 2.24) is 0 Å². The van der Waals surface area contributed by atoms with Crippen LogP contribution >= 0.6 is 0 Å². The number of nitrogens with zero attached hydrogens (tertiary/aromatic N) is 3. The maximum atomic E-state index is 5.55. The van der Waals surface area contributed by atoms with Crippen molar-refractivity contribution in [2.45, 2.75) is 0 Å². The molecule has 0 aromatic heterocycles. The standard InChI is InChI=1S/C10H12N6O/c1-17-7-4-2-3-6(5-7)13-14-8-9(11)15-16-10(8)12/h2-5,13H,1H3,(H4,11,12,14,15,16). The summed E-state index contributed by atoms with van der Waals surface area (Å²) in [6.45, 7) is 0. The van der Waals surface area contributed by atoms with Gasteiger partial charge in [-0.1, -0.05) is 6.07 Å². The summed E-state index contributed by atoms with van der Waals surface area (Å²) in [4.78, 5) is 0. The van der Waals surface area contributed by atoms with Gasteiger partial charge in [0.25, 0.3) is 0 Å². The van der Waals surface area contributed by atoms with Gasteiger partial charge in [0, 0.05) is 6.07 Å². The van der Waals surface area contributed by atoms with Crippen molar-refractivity contribution in [3.8, 4) is 5.75 Å². The SMILES string of the molecule is COc1cccc(NN=C2C(N)=NN=C2N)c1. The molecule has 0 spiro atoms. The molecule has 1 aliphatic rings. The first-order valence-electron chi connectivity index (χ1n) is 4.86. The molecule has 0 saturated heterocycles. The number of benzene rings is 1. The minimum absolute atomic E-state index is 0.192. The zero-order chi connectivity index (χ0) is 12.3. The number of hydrogen-bond donors (Lipinski definition) is 3. The van der Waals surface area contributed by atoms with E-state index in [1.807, 2.05) is 18.2 Å². The van der Waals surface area contributed by atoms with Crippen molar-refractivity contribution in [2.75, 3.05) is 12.5 Å². The van der Waals surface area contributed by atoms with Crippen molar-refractivity contribution in [1.29, 1.82) is 0 Å². The molecule has 0 radical (unpaired) electrons. The Morgan fingerprint density at radius 1 is 1.24 bits per heavy atom. The number of anilines is 1. The zero-order valence-electron chi connectivity index (χ0n) is 9.21. The molecular weight excluding hydrogens is 220 g/mol. The highest BCUT2D eigenvalue weighted by Gasteiger charge is 2.16. The maximum Gasteiger partial charge on any atom is 0.177 e. The molecule has 1 heterocycles. The highest BCUT2D eigenvalue weighted by atomic mass is 16.5. The van der Waals surface area contributed by atoms with Gasteiger partial charge in [0.05, 0.1) is 12.8 Å². The van der Waals surface area contributed by atoms with Crippen LogP contribution in [0.5, 0.6) is 5.75 Å². The van der Waals surface area contributed by atoms with Crippen LogP contribution in [0.4, 0.5) is 5.69 Å². The van der Waals surface area contributed by atoms with E-state index in [4.69, 9.17) is 16.2 Å². The number of ether oxygens (including phenoxy) is 1. The molecule has 2 rings (SSSR count). The predicted octanol–water partition coefficient (Wildman–Crippen LogP) is 0.106. The largest absolute Gasteiger partial charge is 0.497 e. The van der Waals surface area contributed by atoms with E-state index in [-0.39, 0.29) is 11.7 Å². The topological polar surface area (TPSA) is 110 Å². The quantitative estimate of drug-likeness (QED) is 0.642. The fraction of sp³-hybridized carbons (Fsp3) is 0.100. The van der Waals surface area contributed by atoms with E-state index in [0.717, 1.165) is 11.4 Å². The van der Waals surface area contributed by atoms with Gasteiger partial charge in [0.15, 0.2) is 17.4 Å². The lowest BCUT2D eigenvalue weighted by Crippen LogP contribution is -2.32. The summed E-state index contributed by atoms with van der Waals surface area (Å²) in [7, 11) is 1.59. The van der Waals surface area contributed by atoms with Crippen molar-refractivity contribution < 1.29 is 4.74 Å². The Balaban J connectivity index is 2.14. The minimum Gasteiger partial charge on any atom is -0.497 e. The molecule has 7 heteroatoms. The first-order valence-corrected chi connectivity index (χ1v) is 4.86. The Morgan fingerprint density at radius 2 is 1.94 bits per heavy atom. The van der Waals surface area contributed by atoms with E-state index in [9.17, 15) is 0 Å². The average Bonchev–Trinajstić information content (AvgIpc) is 2.67. The van der Waals surface area contributed by atoms with Crippen LogP contribution < -0.4 is 21.6 Å². The molecule has 0 bridgehead atoms. The third-order valence-electron chi connectivity index (χ3n) is 2.12. The molecule has 0 fully saturated rings. The van der Waals surface area contributed by atoms with Gasteiger partial charge in [0.2, 0.25) is 0 Å². The highest BCUT2D eigenvalue weighted by molar-refractivity contribution is 6.68. The second-order valence-corrected chi connectivity index (χ2v) is 3.27. The van der Waals surface area contributed by atoms with E-state index >= 15 is 0 Å². The van der Waals surface area contributed by atoms with Gasteiger partial charge in [-0.15, -0.1) is 10.2 Å². The number of methoxy groups -OCH3 is 1. The Kier molecular flexibility index (Phi) is 2.91. The van der Waals surface area contributed by atoms with Crippen LogP contribution in [-0.2, 0) is 0 Å². The summed E-state index contributed by atoms with van der Waals surface area (Å²) in [5, 5.41) is 11.2. The number of hydrogen-bond acceptors (Lipinski definition) is 7. The van der Waals surface area contributed by atoms with Crippen LogP contribution in [0.2, 0.25) is 0 Å². The third-order valence-corrected chi connectivity index (χ3v) is 2.12. The molecular formula is C10H12N6O. The fourth-order valence-corrected chi connectivity index (χ4v) is 1.26. The number of hydrazone groups is 1. The van der Waals surface area contributed by atoms with Crippen molar-refractivity contribution in [2.24, 2.45) is 26.8 Å². The highest BCUT2D eigenvalue weighted by Crippen LogP contribution is 2.16. The molecule has 1 aliphatic heterocycles. The number of rotatable bonds is 3. The van der Waals surface area contributed by atoms with Gasteiger partial charge in [-0.05, 0) is 12.1 Å². The molecule has 0 aliphatic carbocycles. The summed E-state index contributed by atoms with van der Waals surface area (Å²) in [5.74, 6) is 1.11. The van der Waals surface area contributed by atoms with Crippen LogP contribution in [0.25, 0.3) is 0 Å². The molecule has 88 valence electrons. The third kappa shape index (κ3) is 2.33. The summed E-state index contributed by atoms with van der Waals surface area (Å²) >= 11 is 0. The summed E-state index contributed by atoms with van der Waals surface area (Å²) in [6, 6.07) is 7.30. The Labute approximate surface area is 97.9 Å². The predicted molar refractivity (Wildman–Crippen MR) is 67.3 cm³/mol. The molecule has 1 aromatic rings. The first kappa shape index (κ1) is 10.9. The normalized spacial score (nSPS) is 14.1. The maximum absolute atomic E-state index is 5.55. The van der Waals surface area contributed by atoms with Crippen LogP contribution in [0.1, 0.15) is 0 Å². The van der Waals surface area contributed by atoms with E-state index in [0.29, 0.717) is 5.71 Å². The van der Waals surface area contributed by atoms with E-state index in [1.165, 1.54) is 0 Å². The molecule has 5 N–H and O–H groups in total. The second kappa shape index (κ2) is 4.52. The van der Waals surface area contributed by atoms with E-state index in [2.05, 4.69) is 20.7 Å². The lowest BCUT2D eigenvalue weighted by Gasteiger charge is -2.04. The molecule has 7 nitrogen and oxygen atoms in total. The molecule has 0 unspecified atom stereocenters. The van der Waals surface area contributed by atoms with Crippen molar-refractivity contribution in [3.05, 3.63) is 24.3 Å². The van der Waals surface area contributed by atoms with Crippen LogP contribution in [-0.4, -0.2) is 24.5 Å². The Hall–Kier alpha value is -2.57. The van der Waals surface area contributed by atoms with Crippen LogP contribution in [0.15, 0.2) is 39.6 Å². The van der Waals surface area contributed by atoms with Crippen molar-refractivity contribution >= 4 is 23.1 Å². The summed E-state index contributed by atoms with van der Waals surface area (Å²) < 4.78 is 5.08. The number of amidine groups is 2. The Morgan fingerprint density at radius 3 is 2.59 bits per heavy atom. The average molecular weight is 232 g/mol. The van der Waals surface area contributed by atoms with Gasteiger partial charge in [0.1, 0.15) is 5.75 Å². The van der Waals surface area contributed by atoms with Gasteiger partial charge >= 0.3 is 0 Å². The number of nitrogens with two attached hydrogens (primary N) is 2. The van der Waals surface area contributed by atoms with Gasteiger partial charge in [-0.2, -0.15) is 5.10 Å². The molecule has 0 atom stereocenters. The lowest BCUT2D eigenvalue weighted by molar-refractivity contribution is 0.415. The molecule has 0 amide bonds. The lowest BCUT2D eigenvalue weighted by atomic mass is 10.3. The molecule has 0 saturated carbocycles. The van der Waals surface area contributed by atoms with E-state index in [1.54, 1.807) is 13.2 Å².